The highest BCUT2D eigenvalue weighted by Gasteiger charge is 2.43. The Hall–Kier alpha value is -2.21. The van der Waals surface area contributed by atoms with E-state index in [0.717, 1.165) is 11.3 Å². The lowest BCUT2D eigenvalue weighted by Crippen LogP contribution is -2.48. The number of halogens is 1. The van der Waals surface area contributed by atoms with Crippen LogP contribution in [0.3, 0.4) is 0 Å². The Morgan fingerprint density at radius 1 is 1.32 bits per heavy atom. The zero-order valence-corrected chi connectivity index (χ0v) is 14.8. The molecule has 2 aromatic rings. The van der Waals surface area contributed by atoms with Crippen molar-refractivity contribution in [3.63, 3.8) is 0 Å². The number of nitrogens with zero attached hydrogens (tertiary/aromatic N) is 2. The largest absolute Gasteiger partial charge is 0.381 e. The molecule has 0 radical (unpaired) electrons. The highest BCUT2D eigenvalue weighted by molar-refractivity contribution is 5.88. The maximum absolute atomic E-state index is 13.8. The van der Waals surface area contributed by atoms with Crippen molar-refractivity contribution in [3.05, 3.63) is 52.7 Å². The Kier molecular flexibility index (Phi) is 4.90. The molecule has 5 nitrogen and oxygen atoms in total. The molecule has 1 saturated heterocycles. The van der Waals surface area contributed by atoms with Gasteiger partial charge >= 0.3 is 0 Å². The van der Waals surface area contributed by atoms with Crippen LogP contribution in [0.2, 0.25) is 0 Å². The summed E-state index contributed by atoms with van der Waals surface area (Å²) in [5.74, 6) is 0.356. The molecule has 6 heteroatoms. The van der Waals surface area contributed by atoms with Crippen LogP contribution in [0.15, 0.2) is 28.8 Å². The molecular formula is C19H23FN2O3. The molecule has 0 spiro atoms. The smallest absolute Gasteiger partial charge is 0.233 e. The zero-order valence-electron chi connectivity index (χ0n) is 14.8. The first kappa shape index (κ1) is 17.6. The molecule has 25 heavy (non-hydrogen) atoms. The van der Waals surface area contributed by atoms with E-state index in [-0.39, 0.29) is 11.7 Å². The summed E-state index contributed by atoms with van der Waals surface area (Å²) in [6.45, 7) is 5.09. The summed E-state index contributed by atoms with van der Waals surface area (Å²) in [6, 6.07) is 6.35. The lowest BCUT2D eigenvalue weighted by atomic mass is 9.73. The van der Waals surface area contributed by atoms with Crippen molar-refractivity contribution >= 4 is 5.91 Å². The third-order valence-corrected chi connectivity index (χ3v) is 5.06. The fourth-order valence-electron chi connectivity index (χ4n) is 3.53. The Bertz CT molecular complexity index is 746. The summed E-state index contributed by atoms with van der Waals surface area (Å²) in [7, 11) is 1.77. The number of carbonyl (C=O) groups excluding carboxylic acids is 1. The van der Waals surface area contributed by atoms with Gasteiger partial charge in [0.05, 0.1) is 17.7 Å². The Balaban J connectivity index is 1.92. The second-order valence-electron chi connectivity index (χ2n) is 6.67. The van der Waals surface area contributed by atoms with E-state index in [0.29, 0.717) is 43.9 Å². The Morgan fingerprint density at radius 3 is 2.64 bits per heavy atom. The number of rotatable bonds is 4. The zero-order chi connectivity index (χ0) is 18.0. The van der Waals surface area contributed by atoms with Gasteiger partial charge in [0.15, 0.2) is 0 Å². The van der Waals surface area contributed by atoms with Crippen molar-refractivity contribution in [3.8, 4) is 0 Å². The molecule has 0 bridgehead atoms. The van der Waals surface area contributed by atoms with E-state index in [1.807, 2.05) is 19.9 Å². The summed E-state index contributed by atoms with van der Waals surface area (Å²) >= 11 is 0. The van der Waals surface area contributed by atoms with E-state index in [2.05, 4.69) is 5.16 Å². The van der Waals surface area contributed by atoms with Gasteiger partial charge in [0.25, 0.3) is 0 Å². The van der Waals surface area contributed by atoms with Gasteiger partial charge in [-0.15, -0.1) is 0 Å². The molecule has 1 aliphatic heterocycles. The molecule has 0 N–H and O–H groups in total. The fourth-order valence-corrected chi connectivity index (χ4v) is 3.53. The lowest BCUT2D eigenvalue weighted by molar-refractivity contribution is -0.140. The Morgan fingerprint density at radius 2 is 2.04 bits per heavy atom. The molecule has 134 valence electrons. The van der Waals surface area contributed by atoms with E-state index in [4.69, 9.17) is 9.26 Å². The van der Waals surface area contributed by atoms with Crippen LogP contribution < -0.4 is 0 Å². The van der Waals surface area contributed by atoms with Crippen LogP contribution in [0.4, 0.5) is 4.39 Å². The summed E-state index contributed by atoms with van der Waals surface area (Å²) in [4.78, 5) is 15.1. The van der Waals surface area contributed by atoms with Crippen molar-refractivity contribution in [2.45, 2.75) is 38.6 Å². The predicted octanol–water partition coefficient (Wildman–Crippen LogP) is 3.14. The molecule has 1 aromatic carbocycles. The third-order valence-electron chi connectivity index (χ3n) is 5.06. The summed E-state index contributed by atoms with van der Waals surface area (Å²) in [5, 5.41) is 3.95. The number of likely N-dealkylation sites (N-methyl/N-ethyl adjacent to an activating group) is 1. The Labute approximate surface area is 146 Å². The van der Waals surface area contributed by atoms with E-state index in [9.17, 15) is 9.18 Å². The van der Waals surface area contributed by atoms with Gasteiger partial charge in [-0.3, -0.25) is 4.79 Å². The van der Waals surface area contributed by atoms with Crippen molar-refractivity contribution in [1.29, 1.82) is 0 Å². The lowest BCUT2D eigenvalue weighted by Gasteiger charge is -2.39. The van der Waals surface area contributed by atoms with Crippen molar-refractivity contribution < 1.29 is 18.4 Å². The minimum atomic E-state index is -0.756. The highest BCUT2D eigenvalue weighted by Crippen LogP contribution is 2.37. The summed E-state index contributed by atoms with van der Waals surface area (Å²) in [5.41, 5.74) is 1.65. The number of hydrogen-bond acceptors (Lipinski definition) is 4. The van der Waals surface area contributed by atoms with Gasteiger partial charge in [0, 0.05) is 25.8 Å². The van der Waals surface area contributed by atoms with Crippen LogP contribution in [-0.2, 0) is 21.5 Å². The topological polar surface area (TPSA) is 55.6 Å². The predicted molar refractivity (Wildman–Crippen MR) is 90.6 cm³/mol. The number of hydrogen-bond donors (Lipinski definition) is 0. The van der Waals surface area contributed by atoms with Crippen molar-refractivity contribution in [2.75, 3.05) is 20.3 Å². The fraction of sp³-hybridized carbons (Fsp3) is 0.474. The number of aromatic nitrogens is 1. The number of amides is 1. The first-order chi connectivity index (χ1) is 11.9. The molecule has 0 saturated carbocycles. The monoisotopic (exact) mass is 346 g/mol. The van der Waals surface area contributed by atoms with Crippen LogP contribution in [0.5, 0.6) is 0 Å². The first-order valence-electron chi connectivity index (χ1n) is 8.45. The highest BCUT2D eigenvalue weighted by atomic mass is 19.1. The molecule has 0 unspecified atom stereocenters. The van der Waals surface area contributed by atoms with Gasteiger partial charge in [-0.05, 0) is 44.4 Å². The van der Waals surface area contributed by atoms with Crippen LogP contribution in [0.25, 0.3) is 0 Å². The van der Waals surface area contributed by atoms with Gasteiger partial charge in [0.1, 0.15) is 11.6 Å². The van der Waals surface area contributed by atoms with Crippen LogP contribution in [0.1, 0.15) is 35.4 Å². The van der Waals surface area contributed by atoms with E-state index >= 15 is 0 Å². The normalized spacial score (nSPS) is 16.6. The summed E-state index contributed by atoms with van der Waals surface area (Å²) in [6.07, 6.45) is 1.09. The molecule has 1 aromatic heterocycles. The number of carbonyl (C=O) groups is 1. The van der Waals surface area contributed by atoms with E-state index in [1.165, 1.54) is 12.1 Å². The number of aryl methyl sites for hydroxylation is 2. The standard InChI is InChI=1S/C19H23FN2O3/c1-13-17(14(2)25-21-13)12-22(3)18(23)19(7-9-24-10-8-19)15-5-4-6-16(20)11-15/h4-6,11H,7-10,12H2,1-3H3. The summed E-state index contributed by atoms with van der Waals surface area (Å²) < 4.78 is 24.4. The van der Waals surface area contributed by atoms with Crippen molar-refractivity contribution in [2.24, 2.45) is 0 Å². The SMILES string of the molecule is Cc1noc(C)c1CN(C)C(=O)C1(c2cccc(F)c2)CCOCC1. The van der Waals surface area contributed by atoms with Crippen molar-refractivity contribution in [1.82, 2.24) is 10.1 Å². The third kappa shape index (κ3) is 3.31. The molecular weight excluding hydrogens is 323 g/mol. The quantitative estimate of drug-likeness (QED) is 0.853. The maximum Gasteiger partial charge on any atom is 0.233 e. The molecule has 0 aliphatic carbocycles. The van der Waals surface area contributed by atoms with Gasteiger partial charge in [-0.25, -0.2) is 4.39 Å². The average Bonchev–Trinajstić information content (AvgIpc) is 2.93. The van der Waals surface area contributed by atoms with Gasteiger partial charge in [0.2, 0.25) is 5.91 Å². The maximum atomic E-state index is 13.8. The molecule has 1 aliphatic rings. The minimum absolute atomic E-state index is 0.0265. The van der Waals surface area contributed by atoms with Gasteiger partial charge < -0.3 is 14.2 Å². The first-order valence-corrected chi connectivity index (χ1v) is 8.45. The molecule has 0 atom stereocenters. The minimum Gasteiger partial charge on any atom is -0.381 e. The van der Waals surface area contributed by atoms with Crippen LogP contribution >= 0.6 is 0 Å². The van der Waals surface area contributed by atoms with Crippen LogP contribution in [-0.4, -0.2) is 36.2 Å². The average molecular weight is 346 g/mol. The van der Waals surface area contributed by atoms with E-state index in [1.54, 1.807) is 18.0 Å². The van der Waals surface area contributed by atoms with Gasteiger partial charge in [-0.1, -0.05) is 17.3 Å². The second-order valence-corrected chi connectivity index (χ2v) is 6.67. The molecule has 1 amide bonds. The number of benzene rings is 1. The van der Waals surface area contributed by atoms with E-state index < -0.39 is 5.41 Å². The van der Waals surface area contributed by atoms with Gasteiger partial charge in [-0.2, -0.15) is 0 Å². The molecule has 2 heterocycles. The molecule has 1 fully saturated rings. The second kappa shape index (κ2) is 6.96. The molecule has 3 rings (SSSR count). The number of ether oxygens (including phenoxy) is 1. The van der Waals surface area contributed by atoms with Crippen LogP contribution in [0, 0.1) is 19.7 Å².